The Balaban J connectivity index is 1.41. The number of ether oxygens (including phenoxy) is 1. The number of nitrogens with zero attached hydrogens (tertiary/aromatic N) is 6. The molecule has 0 unspecified atom stereocenters. The number of fused-ring (bicyclic) bond motifs is 1. The van der Waals surface area contributed by atoms with Crippen LogP contribution >= 0.6 is 11.8 Å². The van der Waals surface area contributed by atoms with Gasteiger partial charge in [0.1, 0.15) is 18.0 Å². The molecule has 10 heteroatoms. The minimum atomic E-state index is 0.0784. The predicted octanol–water partition coefficient (Wildman–Crippen LogP) is 0.417. The molecule has 0 spiro atoms. The molecule has 0 aliphatic carbocycles. The summed E-state index contributed by atoms with van der Waals surface area (Å²) in [6.45, 7) is 6.19. The molecule has 1 N–H and O–H groups in total. The number of aromatic nitrogens is 5. The molecule has 9 nitrogen and oxygen atoms in total. The van der Waals surface area contributed by atoms with Crippen molar-refractivity contribution in [1.82, 2.24) is 30.0 Å². The van der Waals surface area contributed by atoms with Crippen molar-refractivity contribution >= 4 is 23.5 Å². The van der Waals surface area contributed by atoms with Crippen LogP contribution in [0.5, 0.6) is 0 Å². The second-order valence-corrected chi connectivity index (χ2v) is 7.22. The van der Waals surface area contributed by atoms with Gasteiger partial charge in [0.2, 0.25) is 11.1 Å². The molecule has 1 fully saturated rings. The molecule has 0 bridgehead atoms. The fourth-order valence-electron chi connectivity index (χ4n) is 3.20. The number of H-pyrrole nitrogens is 1. The summed E-state index contributed by atoms with van der Waals surface area (Å²) in [5.41, 5.74) is 2.11. The van der Waals surface area contributed by atoms with E-state index in [4.69, 9.17) is 4.74 Å². The zero-order valence-electron chi connectivity index (χ0n) is 14.6. The maximum Gasteiger partial charge on any atom is 0.233 e. The third-order valence-corrected chi connectivity index (χ3v) is 5.38. The van der Waals surface area contributed by atoms with E-state index < -0.39 is 0 Å². The van der Waals surface area contributed by atoms with E-state index in [1.54, 1.807) is 6.33 Å². The lowest BCUT2D eigenvalue weighted by molar-refractivity contribution is -0.129. The average molecular weight is 375 g/mol. The van der Waals surface area contributed by atoms with Crippen LogP contribution in [-0.4, -0.2) is 74.6 Å². The summed E-state index contributed by atoms with van der Waals surface area (Å²) in [6.07, 6.45) is 2.38. The van der Waals surface area contributed by atoms with Crippen molar-refractivity contribution in [2.45, 2.75) is 25.0 Å². The van der Waals surface area contributed by atoms with Gasteiger partial charge >= 0.3 is 0 Å². The van der Waals surface area contributed by atoms with Crippen LogP contribution in [0.1, 0.15) is 17.1 Å². The van der Waals surface area contributed by atoms with Gasteiger partial charge in [-0.15, -0.1) is 5.10 Å². The summed E-state index contributed by atoms with van der Waals surface area (Å²) < 4.78 is 5.43. The minimum absolute atomic E-state index is 0.0784. The standard InChI is InChI=1S/C16H21N7O2S/c1-11-19-16(21-20-11)26-9-14(24)23-3-2-12-13(8-23)17-10-18-15(12)22-4-6-25-7-5-22/h10H,2-9H2,1H3,(H,19,20,21). The summed E-state index contributed by atoms with van der Waals surface area (Å²) in [5, 5.41) is 7.44. The quantitative estimate of drug-likeness (QED) is 0.768. The first-order valence-corrected chi connectivity index (χ1v) is 9.64. The Bertz CT molecular complexity index is 791. The van der Waals surface area contributed by atoms with Crippen molar-refractivity contribution in [2.75, 3.05) is 43.5 Å². The number of aryl methyl sites for hydroxylation is 1. The van der Waals surface area contributed by atoms with E-state index in [-0.39, 0.29) is 5.91 Å². The summed E-state index contributed by atoms with van der Waals surface area (Å²) in [4.78, 5) is 29.8. The van der Waals surface area contributed by atoms with E-state index in [1.165, 1.54) is 11.8 Å². The third-order valence-electron chi connectivity index (χ3n) is 4.55. The molecule has 0 atom stereocenters. The van der Waals surface area contributed by atoms with Crippen LogP contribution < -0.4 is 4.90 Å². The van der Waals surface area contributed by atoms with E-state index in [2.05, 4.69) is 30.0 Å². The average Bonchev–Trinajstić information content (AvgIpc) is 3.11. The van der Waals surface area contributed by atoms with Crippen molar-refractivity contribution in [3.63, 3.8) is 0 Å². The number of carbonyl (C=O) groups is 1. The molecule has 2 aromatic rings. The van der Waals surface area contributed by atoms with Crippen LogP contribution in [0, 0.1) is 6.92 Å². The largest absolute Gasteiger partial charge is 0.378 e. The fourth-order valence-corrected chi connectivity index (χ4v) is 3.95. The molecule has 0 aromatic carbocycles. The Labute approximate surface area is 155 Å². The molecule has 2 aliphatic heterocycles. The summed E-state index contributed by atoms with van der Waals surface area (Å²) >= 11 is 1.35. The number of morpholine rings is 1. The molecule has 1 amide bonds. The molecule has 4 heterocycles. The van der Waals surface area contributed by atoms with Gasteiger partial charge in [-0.05, 0) is 13.3 Å². The number of carbonyl (C=O) groups excluding carboxylic acids is 1. The molecule has 4 rings (SSSR count). The van der Waals surface area contributed by atoms with E-state index in [1.807, 2.05) is 11.8 Å². The number of hydrogen-bond acceptors (Lipinski definition) is 8. The van der Waals surface area contributed by atoms with E-state index >= 15 is 0 Å². The molecule has 2 aromatic heterocycles. The summed E-state index contributed by atoms with van der Waals surface area (Å²) in [6, 6.07) is 0. The van der Waals surface area contributed by atoms with Crippen LogP contribution in [0.2, 0.25) is 0 Å². The van der Waals surface area contributed by atoms with Gasteiger partial charge in [-0.25, -0.2) is 15.0 Å². The molecular weight excluding hydrogens is 354 g/mol. The van der Waals surface area contributed by atoms with Gasteiger partial charge in [-0.2, -0.15) is 0 Å². The Kier molecular flexibility index (Phi) is 5.02. The van der Waals surface area contributed by atoms with Gasteiger partial charge in [0, 0.05) is 25.2 Å². The summed E-state index contributed by atoms with van der Waals surface area (Å²) in [7, 11) is 0. The first-order chi connectivity index (χ1) is 12.7. The van der Waals surface area contributed by atoms with Crippen molar-refractivity contribution in [2.24, 2.45) is 0 Å². The van der Waals surface area contributed by atoms with E-state index in [0.717, 1.165) is 55.6 Å². The van der Waals surface area contributed by atoms with Crippen molar-refractivity contribution < 1.29 is 9.53 Å². The van der Waals surface area contributed by atoms with Gasteiger partial charge in [0.05, 0.1) is 31.2 Å². The monoisotopic (exact) mass is 375 g/mol. The molecule has 2 aliphatic rings. The third kappa shape index (κ3) is 3.65. The Morgan fingerprint density at radius 2 is 2.15 bits per heavy atom. The van der Waals surface area contributed by atoms with Crippen LogP contribution in [0.4, 0.5) is 5.82 Å². The van der Waals surface area contributed by atoms with Crippen LogP contribution in [0.15, 0.2) is 11.5 Å². The van der Waals surface area contributed by atoms with E-state index in [9.17, 15) is 4.79 Å². The molecule has 26 heavy (non-hydrogen) atoms. The molecule has 138 valence electrons. The second kappa shape index (κ2) is 7.58. The molecule has 0 saturated carbocycles. The first-order valence-electron chi connectivity index (χ1n) is 8.66. The maximum atomic E-state index is 12.5. The highest BCUT2D eigenvalue weighted by Gasteiger charge is 2.26. The van der Waals surface area contributed by atoms with E-state index in [0.29, 0.717) is 24.0 Å². The Morgan fingerprint density at radius 1 is 1.31 bits per heavy atom. The normalized spacial score (nSPS) is 17.3. The second-order valence-electron chi connectivity index (χ2n) is 6.28. The lowest BCUT2D eigenvalue weighted by Crippen LogP contribution is -2.41. The van der Waals surface area contributed by atoms with Gasteiger partial charge < -0.3 is 14.5 Å². The number of amides is 1. The number of hydrogen-bond donors (Lipinski definition) is 1. The highest BCUT2D eigenvalue weighted by Crippen LogP contribution is 2.26. The highest BCUT2D eigenvalue weighted by molar-refractivity contribution is 7.99. The predicted molar refractivity (Wildman–Crippen MR) is 96.0 cm³/mol. The Hall–Kier alpha value is -2.20. The minimum Gasteiger partial charge on any atom is -0.378 e. The fraction of sp³-hybridized carbons (Fsp3) is 0.562. The van der Waals surface area contributed by atoms with Crippen LogP contribution in [0.3, 0.4) is 0 Å². The lowest BCUT2D eigenvalue weighted by atomic mass is 10.0. The number of thioether (sulfide) groups is 1. The van der Waals surface area contributed by atoms with Crippen molar-refractivity contribution in [3.05, 3.63) is 23.4 Å². The smallest absolute Gasteiger partial charge is 0.233 e. The molecular formula is C16H21N7O2S. The number of rotatable bonds is 4. The lowest BCUT2D eigenvalue weighted by Gasteiger charge is -2.33. The van der Waals surface area contributed by atoms with Crippen LogP contribution in [0.25, 0.3) is 0 Å². The van der Waals surface area contributed by atoms with Gasteiger partial charge in [-0.1, -0.05) is 11.8 Å². The van der Waals surface area contributed by atoms with Crippen LogP contribution in [-0.2, 0) is 22.5 Å². The first kappa shape index (κ1) is 17.2. The number of anilines is 1. The van der Waals surface area contributed by atoms with Crippen molar-refractivity contribution in [1.29, 1.82) is 0 Å². The van der Waals surface area contributed by atoms with Gasteiger partial charge in [0.25, 0.3) is 0 Å². The molecule has 1 saturated heterocycles. The topological polar surface area (TPSA) is 100 Å². The number of nitrogens with one attached hydrogen (secondary N) is 1. The van der Waals surface area contributed by atoms with Gasteiger partial charge in [0.15, 0.2) is 0 Å². The SMILES string of the molecule is Cc1nc(SCC(=O)N2CCc3c(ncnc3N3CCOCC3)C2)n[nH]1. The Morgan fingerprint density at radius 3 is 2.92 bits per heavy atom. The zero-order chi connectivity index (χ0) is 17.9. The molecule has 0 radical (unpaired) electrons. The maximum absolute atomic E-state index is 12.5. The van der Waals surface area contributed by atoms with Crippen molar-refractivity contribution in [3.8, 4) is 0 Å². The van der Waals surface area contributed by atoms with Gasteiger partial charge in [-0.3, -0.25) is 9.89 Å². The zero-order valence-corrected chi connectivity index (χ0v) is 15.5. The summed E-state index contributed by atoms with van der Waals surface area (Å²) in [5.74, 6) is 2.15. The highest BCUT2D eigenvalue weighted by atomic mass is 32.2. The number of aromatic amines is 1.